The smallest absolute Gasteiger partial charge is 0.238 e. The average molecular weight is 737 g/mol. The van der Waals surface area contributed by atoms with Crippen molar-refractivity contribution in [3.05, 3.63) is 0 Å². The van der Waals surface area contributed by atoms with Crippen LogP contribution in [-0.4, -0.2) is 89.6 Å². The van der Waals surface area contributed by atoms with Gasteiger partial charge in [-0.2, -0.15) is 15.0 Å². The van der Waals surface area contributed by atoms with Crippen LogP contribution in [0.5, 0.6) is 0 Å². The molecule has 2 rings (SSSR count). The van der Waals surface area contributed by atoms with E-state index in [0.717, 1.165) is 0 Å². The van der Waals surface area contributed by atoms with Crippen LogP contribution in [0.2, 0.25) is 33.2 Å². The molecule has 2 amide bonds. The molecule has 0 aromatic carbocycles. The van der Waals surface area contributed by atoms with Gasteiger partial charge >= 0.3 is 0 Å². The van der Waals surface area contributed by atoms with Gasteiger partial charge in [-0.3, -0.25) is 19.4 Å². The molecule has 1 saturated heterocycles. The van der Waals surface area contributed by atoms with Gasteiger partial charge in [0.15, 0.2) is 8.32 Å². The molecule has 13 heteroatoms. The van der Waals surface area contributed by atoms with Gasteiger partial charge in [0.1, 0.15) is 12.3 Å². The van der Waals surface area contributed by atoms with E-state index in [1.165, 1.54) is 9.80 Å². The SMILES string of the molecule is CC(C)C(=O)N(C)c1nc(N(C)C(=O)C(C)C)nc(N(C)[C@H]2C[C@H](O[Si](C(C)C)(C(C)C)C(C)C)[C@@H](CO[Si](C(C)C)(C(C)C)C(C)C)O2)n1. The summed E-state index contributed by atoms with van der Waals surface area (Å²) in [7, 11) is 0.733. The van der Waals surface area contributed by atoms with Crippen molar-refractivity contribution < 1.29 is 23.2 Å². The highest BCUT2D eigenvalue weighted by atomic mass is 28.4. The molecule has 1 aromatic heterocycles. The van der Waals surface area contributed by atoms with Crippen LogP contribution in [0.25, 0.3) is 0 Å². The van der Waals surface area contributed by atoms with Crippen molar-refractivity contribution >= 4 is 46.3 Å². The predicted molar refractivity (Wildman–Crippen MR) is 211 cm³/mol. The average Bonchev–Trinajstić information content (AvgIpc) is 3.42. The van der Waals surface area contributed by atoms with Gasteiger partial charge in [0.05, 0.1) is 12.7 Å². The van der Waals surface area contributed by atoms with Gasteiger partial charge in [-0.05, 0) is 33.2 Å². The minimum atomic E-state index is -2.29. The highest BCUT2D eigenvalue weighted by Gasteiger charge is 2.52. The zero-order chi connectivity index (χ0) is 38.6. The number of amides is 2. The van der Waals surface area contributed by atoms with Crippen molar-refractivity contribution in [2.45, 2.75) is 169 Å². The number of ether oxygens (including phenoxy) is 1. The molecule has 0 unspecified atom stereocenters. The van der Waals surface area contributed by atoms with Crippen molar-refractivity contribution in [2.75, 3.05) is 42.4 Å². The Hall–Kier alpha value is -1.94. The lowest BCUT2D eigenvalue weighted by Gasteiger charge is -2.45. The molecule has 288 valence electrons. The van der Waals surface area contributed by atoms with Crippen LogP contribution in [0.3, 0.4) is 0 Å². The second kappa shape index (κ2) is 17.7. The van der Waals surface area contributed by atoms with E-state index in [4.69, 9.17) is 23.6 Å². The summed E-state index contributed by atoms with van der Waals surface area (Å²) in [6.45, 7) is 35.5. The Morgan fingerprint density at radius 1 is 0.640 bits per heavy atom. The van der Waals surface area contributed by atoms with Gasteiger partial charge in [-0.1, -0.05) is 111 Å². The first-order valence-electron chi connectivity index (χ1n) is 19.0. The molecule has 0 saturated carbocycles. The summed E-state index contributed by atoms with van der Waals surface area (Å²) >= 11 is 0. The molecule has 1 aliphatic rings. The van der Waals surface area contributed by atoms with Crippen LogP contribution in [0.4, 0.5) is 17.8 Å². The Morgan fingerprint density at radius 2 is 1.00 bits per heavy atom. The van der Waals surface area contributed by atoms with E-state index in [2.05, 4.69) is 88.1 Å². The number of carbonyl (C=O) groups excluding carboxylic acids is 2. The number of nitrogens with zero attached hydrogens (tertiary/aromatic N) is 6. The van der Waals surface area contributed by atoms with Crippen molar-refractivity contribution in [3.63, 3.8) is 0 Å². The standard InChI is InChI=1S/C37H72N6O5Si2/c1-22(2)33(44)42(18)36-38-35(39-37(40-36)43(19)34(45)23(3)4)41(17)32-20-30(48-50(27(11)12,28(13)14)29(15)16)31(47-32)21-46-49(24(5)6,25(7)8)26(9)10/h22-32H,20-21H2,1-19H3/t30-,31+,32+/m0/s1. The third-order valence-corrected chi connectivity index (χ3v) is 23.3. The monoisotopic (exact) mass is 737 g/mol. The minimum absolute atomic E-state index is 0.137. The van der Waals surface area contributed by atoms with E-state index >= 15 is 0 Å². The molecule has 1 aromatic rings. The fourth-order valence-corrected chi connectivity index (χ4v) is 19.6. The lowest BCUT2D eigenvalue weighted by atomic mass is 10.2. The topological polar surface area (TPSA) is 110 Å². The molecule has 3 atom stereocenters. The van der Waals surface area contributed by atoms with E-state index in [1.54, 1.807) is 14.1 Å². The fraction of sp³-hybridized carbons (Fsp3) is 0.865. The summed E-state index contributed by atoms with van der Waals surface area (Å²) in [5.74, 6) is -0.132. The molecule has 0 aliphatic carbocycles. The summed E-state index contributed by atoms with van der Waals surface area (Å²) in [4.78, 5) is 45.0. The minimum Gasteiger partial charge on any atom is -0.413 e. The van der Waals surface area contributed by atoms with Crippen LogP contribution in [0.1, 0.15) is 117 Å². The van der Waals surface area contributed by atoms with Crippen LogP contribution in [0, 0.1) is 11.8 Å². The molecule has 0 N–H and O–H groups in total. The largest absolute Gasteiger partial charge is 0.413 e. The van der Waals surface area contributed by atoms with Gasteiger partial charge in [-0.25, -0.2) is 0 Å². The summed E-state index contributed by atoms with van der Waals surface area (Å²) in [6, 6.07) is 0. The first-order chi connectivity index (χ1) is 23.0. The number of anilines is 3. The lowest BCUT2D eigenvalue weighted by Crippen LogP contribution is -2.53. The Balaban J connectivity index is 2.67. The van der Waals surface area contributed by atoms with Crippen molar-refractivity contribution in [2.24, 2.45) is 11.8 Å². The van der Waals surface area contributed by atoms with Crippen molar-refractivity contribution in [3.8, 4) is 0 Å². The lowest BCUT2D eigenvalue weighted by molar-refractivity contribution is -0.121. The van der Waals surface area contributed by atoms with Gasteiger partial charge in [0.2, 0.25) is 38.0 Å². The third kappa shape index (κ3) is 9.16. The first kappa shape index (κ1) is 44.2. The summed E-state index contributed by atoms with van der Waals surface area (Å²) in [6.07, 6.45) is -0.302. The molecule has 1 fully saturated rings. The fourth-order valence-electron chi connectivity index (χ4n) is 8.51. The molecule has 0 radical (unpaired) electrons. The molecular formula is C37H72N6O5Si2. The zero-order valence-electron chi connectivity index (χ0n) is 35.0. The predicted octanol–water partition coefficient (Wildman–Crippen LogP) is 8.41. The van der Waals surface area contributed by atoms with Gasteiger partial charge in [0, 0.05) is 39.4 Å². The van der Waals surface area contributed by atoms with Crippen molar-refractivity contribution in [1.82, 2.24) is 15.0 Å². The second-order valence-corrected chi connectivity index (χ2v) is 27.8. The molecule has 0 bridgehead atoms. The Kier molecular flexibility index (Phi) is 15.7. The normalized spacial score (nSPS) is 19.0. The quantitative estimate of drug-likeness (QED) is 0.146. The third-order valence-electron chi connectivity index (χ3n) is 11.0. The van der Waals surface area contributed by atoms with Crippen LogP contribution < -0.4 is 14.7 Å². The van der Waals surface area contributed by atoms with E-state index < -0.39 is 22.9 Å². The number of hydrogen-bond donors (Lipinski definition) is 0. The van der Waals surface area contributed by atoms with E-state index in [1.807, 2.05) is 39.6 Å². The van der Waals surface area contributed by atoms with Gasteiger partial charge < -0.3 is 18.5 Å². The van der Waals surface area contributed by atoms with Crippen LogP contribution in [0.15, 0.2) is 0 Å². The summed E-state index contributed by atoms with van der Waals surface area (Å²) in [5.41, 5.74) is 2.55. The summed E-state index contributed by atoms with van der Waals surface area (Å²) < 4.78 is 21.6. The molecule has 2 heterocycles. The van der Waals surface area contributed by atoms with Crippen molar-refractivity contribution in [1.29, 1.82) is 0 Å². The maximum Gasteiger partial charge on any atom is 0.238 e. The number of rotatable bonds is 17. The Morgan fingerprint density at radius 3 is 1.34 bits per heavy atom. The molecule has 1 aliphatic heterocycles. The first-order valence-corrected chi connectivity index (χ1v) is 23.3. The Bertz CT molecular complexity index is 1190. The maximum absolute atomic E-state index is 13.1. The van der Waals surface area contributed by atoms with Crippen LogP contribution in [-0.2, 0) is 23.2 Å². The number of hydrogen-bond acceptors (Lipinski definition) is 9. The van der Waals surface area contributed by atoms with Gasteiger partial charge in [0.25, 0.3) is 0 Å². The van der Waals surface area contributed by atoms with E-state index in [-0.39, 0.29) is 47.8 Å². The maximum atomic E-state index is 13.1. The highest BCUT2D eigenvalue weighted by molar-refractivity contribution is 6.78. The highest BCUT2D eigenvalue weighted by Crippen LogP contribution is 2.46. The molecule has 11 nitrogen and oxygen atoms in total. The molecular weight excluding hydrogens is 665 g/mol. The summed E-state index contributed by atoms with van der Waals surface area (Å²) in [5, 5.41) is 0. The van der Waals surface area contributed by atoms with E-state index in [0.29, 0.717) is 52.2 Å². The molecule has 0 spiro atoms. The van der Waals surface area contributed by atoms with Gasteiger partial charge in [-0.15, -0.1) is 0 Å². The molecule has 50 heavy (non-hydrogen) atoms. The van der Waals surface area contributed by atoms with Crippen LogP contribution >= 0.6 is 0 Å². The van der Waals surface area contributed by atoms with E-state index in [9.17, 15) is 9.59 Å². The second-order valence-electron chi connectivity index (χ2n) is 16.9. The number of aromatic nitrogens is 3. The Labute approximate surface area is 306 Å². The number of carbonyl (C=O) groups is 2. The zero-order valence-corrected chi connectivity index (χ0v) is 37.0.